The lowest BCUT2D eigenvalue weighted by Crippen LogP contribution is -2.38. The molecular formula is C23H29NO4. The van der Waals surface area contributed by atoms with Gasteiger partial charge >= 0.3 is 5.97 Å². The molecule has 2 aromatic rings. The number of nitrogens with one attached hydrogen (secondary N) is 1. The molecule has 3 rings (SSSR count). The van der Waals surface area contributed by atoms with Gasteiger partial charge in [0.15, 0.2) is 6.23 Å². The first-order chi connectivity index (χ1) is 13.4. The van der Waals surface area contributed by atoms with Crippen molar-refractivity contribution in [3.63, 3.8) is 0 Å². The van der Waals surface area contributed by atoms with Crippen LogP contribution < -0.4 is 14.8 Å². The zero-order valence-electron chi connectivity index (χ0n) is 16.8. The average Bonchev–Trinajstić information content (AvgIpc) is 3.12. The highest BCUT2D eigenvalue weighted by Gasteiger charge is 2.34. The topological polar surface area (TPSA) is 56.8 Å². The largest absolute Gasteiger partial charge is 0.493 e. The summed E-state index contributed by atoms with van der Waals surface area (Å²) in [6.45, 7) is 7.43. The van der Waals surface area contributed by atoms with E-state index in [-0.39, 0.29) is 18.1 Å². The zero-order valence-corrected chi connectivity index (χ0v) is 16.8. The van der Waals surface area contributed by atoms with Gasteiger partial charge in [-0.3, -0.25) is 10.1 Å². The first-order valence-electron chi connectivity index (χ1n) is 9.76. The lowest BCUT2D eigenvalue weighted by Gasteiger charge is -2.24. The molecule has 0 radical (unpaired) electrons. The van der Waals surface area contributed by atoms with Crippen LogP contribution in [0.25, 0.3) is 0 Å². The van der Waals surface area contributed by atoms with Crippen LogP contribution >= 0.6 is 0 Å². The van der Waals surface area contributed by atoms with Crippen molar-refractivity contribution < 1.29 is 19.0 Å². The van der Waals surface area contributed by atoms with Crippen LogP contribution in [0.15, 0.2) is 54.6 Å². The molecular weight excluding hydrogens is 354 g/mol. The molecule has 5 heteroatoms. The molecule has 0 amide bonds. The minimum absolute atomic E-state index is 0.139. The van der Waals surface area contributed by atoms with Crippen LogP contribution in [-0.2, 0) is 16.1 Å². The molecule has 2 aromatic carbocycles. The summed E-state index contributed by atoms with van der Waals surface area (Å²) >= 11 is 0. The maximum Gasteiger partial charge on any atom is 0.312 e. The lowest BCUT2D eigenvalue weighted by atomic mass is 9.97. The number of esters is 1. The second-order valence-corrected chi connectivity index (χ2v) is 8.14. The summed E-state index contributed by atoms with van der Waals surface area (Å²) < 4.78 is 17.3. The van der Waals surface area contributed by atoms with Gasteiger partial charge < -0.3 is 14.2 Å². The number of carbonyl (C=O) groups excluding carboxylic acids is 1. The third-order valence-electron chi connectivity index (χ3n) is 4.67. The molecule has 1 aliphatic rings. The molecule has 1 saturated heterocycles. The van der Waals surface area contributed by atoms with Gasteiger partial charge in [0.1, 0.15) is 18.1 Å². The minimum atomic E-state index is -0.509. The van der Waals surface area contributed by atoms with E-state index in [0.29, 0.717) is 13.2 Å². The van der Waals surface area contributed by atoms with E-state index in [1.54, 1.807) is 0 Å². The van der Waals surface area contributed by atoms with Gasteiger partial charge in [-0.05, 0) is 63.6 Å². The van der Waals surface area contributed by atoms with Gasteiger partial charge in [0.05, 0.1) is 12.0 Å². The molecule has 1 heterocycles. The molecule has 0 aliphatic carbocycles. The Hall–Kier alpha value is -2.53. The summed E-state index contributed by atoms with van der Waals surface area (Å²) in [5.41, 5.74) is 0.623. The van der Waals surface area contributed by atoms with E-state index in [0.717, 1.165) is 30.0 Å². The Morgan fingerprint density at radius 2 is 1.64 bits per heavy atom. The summed E-state index contributed by atoms with van der Waals surface area (Å²) in [5, 5.41) is 3.24. The maximum absolute atomic E-state index is 12.1. The summed E-state index contributed by atoms with van der Waals surface area (Å²) in [4.78, 5) is 12.1. The van der Waals surface area contributed by atoms with Crippen molar-refractivity contribution in [3.8, 4) is 11.5 Å². The van der Waals surface area contributed by atoms with Crippen molar-refractivity contribution >= 4 is 5.97 Å². The average molecular weight is 383 g/mol. The number of ether oxygens (including phenoxy) is 3. The van der Waals surface area contributed by atoms with Crippen molar-refractivity contribution in [1.82, 2.24) is 5.32 Å². The Balaban J connectivity index is 1.47. The summed E-state index contributed by atoms with van der Waals surface area (Å²) in [6, 6.07) is 17.7. The van der Waals surface area contributed by atoms with E-state index in [4.69, 9.17) is 14.2 Å². The van der Waals surface area contributed by atoms with Crippen LogP contribution in [0.3, 0.4) is 0 Å². The maximum atomic E-state index is 12.1. The predicted molar refractivity (Wildman–Crippen MR) is 108 cm³/mol. The Morgan fingerprint density at radius 1 is 1.00 bits per heavy atom. The van der Waals surface area contributed by atoms with Crippen LogP contribution in [0.5, 0.6) is 11.5 Å². The Kier molecular flexibility index (Phi) is 6.57. The van der Waals surface area contributed by atoms with E-state index >= 15 is 0 Å². The third kappa shape index (κ3) is 5.73. The highest BCUT2D eigenvalue weighted by molar-refractivity contribution is 5.75. The van der Waals surface area contributed by atoms with E-state index in [1.807, 2.05) is 75.4 Å². The molecule has 150 valence electrons. The number of hydrogen-bond acceptors (Lipinski definition) is 5. The second kappa shape index (κ2) is 9.11. The first-order valence-corrected chi connectivity index (χ1v) is 9.76. The summed E-state index contributed by atoms with van der Waals surface area (Å²) in [5.74, 6) is 1.52. The second-order valence-electron chi connectivity index (χ2n) is 8.14. The normalized spacial score (nSPS) is 19.2. The van der Waals surface area contributed by atoms with Crippen LogP contribution in [0.2, 0.25) is 0 Å². The molecule has 0 aromatic heterocycles. The highest BCUT2D eigenvalue weighted by Crippen LogP contribution is 2.24. The van der Waals surface area contributed by atoms with E-state index in [9.17, 15) is 4.79 Å². The quantitative estimate of drug-likeness (QED) is 0.727. The van der Waals surface area contributed by atoms with Gasteiger partial charge in [0.2, 0.25) is 0 Å². The van der Waals surface area contributed by atoms with Crippen molar-refractivity contribution in [3.05, 3.63) is 60.2 Å². The number of hydrogen-bond donors (Lipinski definition) is 1. The van der Waals surface area contributed by atoms with Crippen molar-refractivity contribution in [2.75, 3.05) is 13.2 Å². The SMILES string of the molecule is CC(C)(C)C(=O)OC1NCC[C@@H]1COc1ccc(OCc2ccccc2)cc1. The first kappa shape index (κ1) is 20.2. The Labute approximate surface area is 167 Å². The molecule has 0 bridgehead atoms. The van der Waals surface area contributed by atoms with E-state index in [2.05, 4.69) is 5.32 Å². The number of benzene rings is 2. The molecule has 5 nitrogen and oxygen atoms in total. The third-order valence-corrected chi connectivity index (χ3v) is 4.67. The Bertz CT molecular complexity index is 752. The fraction of sp³-hybridized carbons (Fsp3) is 0.435. The van der Waals surface area contributed by atoms with Gasteiger partial charge in [-0.15, -0.1) is 0 Å². The number of rotatable bonds is 7. The molecule has 1 N–H and O–H groups in total. The fourth-order valence-corrected chi connectivity index (χ4v) is 2.91. The standard InChI is InChI=1S/C23H29NO4/c1-23(2,3)22(25)28-21-18(13-14-24-21)16-27-20-11-9-19(10-12-20)26-15-17-7-5-4-6-8-17/h4-12,18,21,24H,13-16H2,1-3H3/t18-,21?/m1/s1. The van der Waals surface area contributed by atoms with Gasteiger partial charge in [-0.1, -0.05) is 30.3 Å². The number of carbonyl (C=O) groups is 1. The van der Waals surface area contributed by atoms with Gasteiger partial charge in [0, 0.05) is 5.92 Å². The van der Waals surface area contributed by atoms with Gasteiger partial charge in [0.25, 0.3) is 0 Å². The fourth-order valence-electron chi connectivity index (χ4n) is 2.91. The molecule has 1 fully saturated rings. The van der Waals surface area contributed by atoms with Crippen LogP contribution in [-0.4, -0.2) is 25.3 Å². The lowest BCUT2D eigenvalue weighted by molar-refractivity contribution is -0.162. The molecule has 0 spiro atoms. The van der Waals surface area contributed by atoms with E-state index < -0.39 is 5.41 Å². The van der Waals surface area contributed by atoms with Gasteiger partial charge in [-0.2, -0.15) is 0 Å². The summed E-state index contributed by atoms with van der Waals surface area (Å²) in [7, 11) is 0. The smallest absolute Gasteiger partial charge is 0.312 e. The van der Waals surface area contributed by atoms with Crippen LogP contribution in [0.4, 0.5) is 0 Å². The molecule has 1 unspecified atom stereocenters. The summed E-state index contributed by atoms with van der Waals surface area (Å²) in [6.07, 6.45) is 0.626. The van der Waals surface area contributed by atoms with Crippen molar-refractivity contribution in [2.45, 2.75) is 40.0 Å². The van der Waals surface area contributed by atoms with E-state index in [1.165, 1.54) is 0 Å². The molecule has 1 aliphatic heterocycles. The molecule has 0 saturated carbocycles. The zero-order chi connectivity index (χ0) is 20.0. The van der Waals surface area contributed by atoms with Crippen molar-refractivity contribution in [1.29, 1.82) is 0 Å². The Morgan fingerprint density at radius 3 is 2.29 bits per heavy atom. The monoisotopic (exact) mass is 383 g/mol. The highest BCUT2D eigenvalue weighted by atomic mass is 16.6. The van der Waals surface area contributed by atoms with Crippen LogP contribution in [0, 0.1) is 11.3 Å². The predicted octanol–water partition coefficient (Wildman–Crippen LogP) is 4.17. The minimum Gasteiger partial charge on any atom is -0.493 e. The van der Waals surface area contributed by atoms with Crippen molar-refractivity contribution in [2.24, 2.45) is 11.3 Å². The van der Waals surface area contributed by atoms with Gasteiger partial charge in [-0.25, -0.2) is 0 Å². The molecule has 28 heavy (non-hydrogen) atoms. The van der Waals surface area contributed by atoms with Crippen LogP contribution in [0.1, 0.15) is 32.8 Å². The molecule has 2 atom stereocenters.